The summed E-state index contributed by atoms with van der Waals surface area (Å²) in [5, 5.41) is 7.39. The lowest BCUT2D eigenvalue weighted by atomic mass is 10.0. The second-order valence-electron chi connectivity index (χ2n) is 8.33. The van der Waals surface area contributed by atoms with E-state index in [1.165, 1.54) is 6.21 Å². The molecule has 2 N–H and O–H groups in total. The first-order valence-corrected chi connectivity index (χ1v) is 12.1. The number of hydrazone groups is 1. The van der Waals surface area contributed by atoms with Crippen molar-refractivity contribution in [1.82, 2.24) is 10.7 Å². The number of hydrogen-bond donors (Lipinski definition) is 2. The fourth-order valence-electron chi connectivity index (χ4n) is 3.45. The Labute approximate surface area is 212 Å². The van der Waals surface area contributed by atoms with Gasteiger partial charge in [-0.15, -0.1) is 0 Å². The summed E-state index contributed by atoms with van der Waals surface area (Å²) in [6.45, 7) is 9.69. The highest BCUT2D eigenvalue weighted by molar-refractivity contribution is 6.30. The molecule has 0 fully saturated rings. The molecule has 0 saturated carbocycles. The Bertz CT molecular complexity index is 991. The third kappa shape index (κ3) is 9.13. The fourth-order valence-corrected chi connectivity index (χ4v) is 3.58. The molecule has 190 valence electrons. The van der Waals surface area contributed by atoms with Crippen LogP contribution >= 0.6 is 11.6 Å². The van der Waals surface area contributed by atoms with Crippen molar-refractivity contribution in [1.29, 1.82) is 0 Å². The van der Waals surface area contributed by atoms with Crippen LogP contribution in [0.2, 0.25) is 5.02 Å². The van der Waals surface area contributed by atoms with Crippen LogP contribution in [0.5, 0.6) is 11.5 Å². The van der Waals surface area contributed by atoms with Crippen molar-refractivity contribution < 1.29 is 19.1 Å². The number of ether oxygens (including phenoxy) is 2. The lowest BCUT2D eigenvalue weighted by Crippen LogP contribution is -2.47. The van der Waals surface area contributed by atoms with E-state index in [1.807, 2.05) is 32.0 Å². The molecular weight excluding hydrogens is 468 g/mol. The first-order chi connectivity index (χ1) is 16.8. The van der Waals surface area contributed by atoms with E-state index in [1.54, 1.807) is 31.4 Å². The van der Waals surface area contributed by atoms with Crippen LogP contribution in [0.1, 0.15) is 39.7 Å². The molecule has 1 atom stereocenters. The van der Waals surface area contributed by atoms with Gasteiger partial charge in [-0.3, -0.25) is 9.59 Å². The lowest BCUT2D eigenvalue weighted by molar-refractivity contribution is -0.130. The molecule has 0 saturated heterocycles. The number of carbonyl (C=O) groups is 2. The molecule has 35 heavy (non-hydrogen) atoms. The van der Waals surface area contributed by atoms with E-state index in [-0.39, 0.29) is 12.5 Å². The van der Waals surface area contributed by atoms with Crippen LogP contribution in [-0.2, 0) is 9.59 Å². The van der Waals surface area contributed by atoms with Gasteiger partial charge in [0.2, 0.25) is 0 Å². The predicted octanol–water partition coefficient (Wildman–Crippen LogP) is 4.25. The highest BCUT2D eigenvalue weighted by Crippen LogP contribution is 2.24. The fraction of sp³-hybridized carbons (Fsp3) is 0.423. The highest BCUT2D eigenvalue weighted by Gasteiger charge is 2.22. The smallest absolute Gasteiger partial charge is 0.262 e. The number of nitrogens with zero attached hydrogens (tertiary/aromatic N) is 2. The monoisotopic (exact) mass is 502 g/mol. The maximum Gasteiger partial charge on any atom is 0.262 e. The van der Waals surface area contributed by atoms with Crippen molar-refractivity contribution in [3.63, 3.8) is 0 Å². The molecule has 0 aliphatic rings. The first kappa shape index (κ1) is 28.0. The molecule has 0 aliphatic heterocycles. The van der Waals surface area contributed by atoms with E-state index in [0.717, 1.165) is 24.3 Å². The lowest BCUT2D eigenvalue weighted by Gasteiger charge is -2.22. The number of hydrogen-bond acceptors (Lipinski definition) is 6. The number of methoxy groups -OCH3 is 1. The van der Waals surface area contributed by atoms with E-state index in [0.29, 0.717) is 22.9 Å². The largest absolute Gasteiger partial charge is 0.496 e. The minimum absolute atomic E-state index is 0.180. The SMILES string of the molecule is CCN(CC)c1ccc(/C=N\NC(=O)[C@@H](CC(C)C)NC(=O)COc2ccc(Cl)cc2)c(OC)c1. The molecule has 2 rings (SSSR count). The van der Waals surface area contributed by atoms with Gasteiger partial charge in [0.25, 0.3) is 11.8 Å². The summed E-state index contributed by atoms with van der Waals surface area (Å²) in [7, 11) is 1.59. The van der Waals surface area contributed by atoms with Crippen molar-refractivity contribution in [3.05, 3.63) is 53.1 Å². The molecular formula is C26H35ClN4O4. The number of nitrogens with one attached hydrogen (secondary N) is 2. The minimum atomic E-state index is -0.750. The van der Waals surface area contributed by atoms with Crippen LogP contribution in [0.3, 0.4) is 0 Å². The van der Waals surface area contributed by atoms with Gasteiger partial charge in [-0.1, -0.05) is 25.4 Å². The molecule has 0 unspecified atom stereocenters. The molecule has 2 amide bonds. The number of anilines is 1. The van der Waals surface area contributed by atoms with Crippen LogP contribution < -0.4 is 25.1 Å². The van der Waals surface area contributed by atoms with Crippen LogP contribution in [0.25, 0.3) is 0 Å². The third-order valence-corrected chi connectivity index (χ3v) is 5.52. The zero-order valence-corrected chi connectivity index (χ0v) is 21.8. The third-order valence-electron chi connectivity index (χ3n) is 5.27. The van der Waals surface area contributed by atoms with Gasteiger partial charge in [-0.05, 0) is 62.6 Å². The summed E-state index contributed by atoms with van der Waals surface area (Å²) < 4.78 is 11.0. The van der Waals surface area contributed by atoms with Gasteiger partial charge < -0.3 is 19.7 Å². The Kier molecular flexibility index (Phi) is 11.4. The van der Waals surface area contributed by atoms with Crippen molar-refractivity contribution in [3.8, 4) is 11.5 Å². The van der Waals surface area contributed by atoms with E-state index < -0.39 is 17.9 Å². The predicted molar refractivity (Wildman–Crippen MR) is 141 cm³/mol. The van der Waals surface area contributed by atoms with Crippen LogP contribution in [0.15, 0.2) is 47.6 Å². The van der Waals surface area contributed by atoms with Gasteiger partial charge in [-0.25, -0.2) is 5.43 Å². The number of amides is 2. The molecule has 8 nitrogen and oxygen atoms in total. The zero-order chi connectivity index (χ0) is 25.8. The quantitative estimate of drug-likeness (QED) is 0.315. The van der Waals surface area contributed by atoms with Gasteiger partial charge in [0.05, 0.1) is 13.3 Å². The Morgan fingerprint density at radius 2 is 1.80 bits per heavy atom. The van der Waals surface area contributed by atoms with Crippen molar-refractivity contribution in [2.24, 2.45) is 11.0 Å². The summed E-state index contributed by atoms with van der Waals surface area (Å²) >= 11 is 5.86. The molecule has 9 heteroatoms. The maximum absolute atomic E-state index is 12.8. The van der Waals surface area contributed by atoms with Gasteiger partial charge in [0.15, 0.2) is 6.61 Å². The number of benzene rings is 2. The minimum Gasteiger partial charge on any atom is -0.496 e. The normalized spacial score (nSPS) is 11.9. The molecule has 0 aromatic heterocycles. The summed E-state index contributed by atoms with van der Waals surface area (Å²) in [4.78, 5) is 27.4. The molecule has 0 heterocycles. The Morgan fingerprint density at radius 3 is 2.40 bits per heavy atom. The summed E-state index contributed by atoms with van der Waals surface area (Å²) in [6, 6.07) is 11.8. The summed E-state index contributed by atoms with van der Waals surface area (Å²) in [5.74, 6) is 0.533. The molecule has 2 aromatic rings. The van der Waals surface area contributed by atoms with Gasteiger partial charge in [0, 0.05) is 35.4 Å². The highest BCUT2D eigenvalue weighted by atomic mass is 35.5. The summed E-state index contributed by atoms with van der Waals surface area (Å²) in [5.41, 5.74) is 4.30. The van der Waals surface area contributed by atoms with Crippen LogP contribution in [0.4, 0.5) is 5.69 Å². The van der Waals surface area contributed by atoms with Gasteiger partial charge >= 0.3 is 0 Å². The van der Waals surface area contributed by atoms with Crippen LogP contribution in [0, 0.1) is 5.92 Å². The first-order valence-electron chi connectivity index (χ1n) is 11.7. The van der Waals surface area contributed by atoms with E-state index in [4.69, 9.17) is 21.1 Å². The van der Waals surface area contributed by atoms with Gasteiger partial charge in [0.1, 0.15) is 17.5 Å². The van der Waals surface area contributed by atoms with Crippen LogP contribution in [-0.4, -0.2) is 50.9 Å². The Morgan fingerprint density at radius 1 is 1.11 bits per heavy atom. The Hall–Kier alpha value is -3.26. The average Bonchev–Trinajstić information content (AvgIpc) is 2.84. The van der Waals surface area contributed by atoms with Crippen molar-refractivity contribution in [2.45, 2.75) is 40.2 Å². The molecule has 0 aliphatic carbocycles. The van der Waals surface area contributed by atoms with E-state index in [2.05, 4.69) is 34.6 Å². The van der Waals surface area contributed by atoms with Crippen molar-refractivity contribution in [2.75, 3.05) is 31.7 Å². The molecule has 0 spiro atoms. The number of carbonyl (C=O) groups excluding carboxylic acids is 2. The second-order valence-corrected chi connectivity index (χ2v) is 8.76. The second kappa shape index (κ2) is 14.2. The molecule has 2 aromatic carbocycles. The molecule has 0 bridgehead atoms. The summed E-state index contributed by atoms with van der Waals surface area (Å²) in [6.07, 6.45) is 1.98. The van der Waals surface area contributed by atoms with E-state index >= 15 is 0 Å². The average molecular weight is 503 g/mol. The zero-order valence-electron chi connectivity index (χ0n) is 21.0. The molecule has 0 radical (unpaired) electrons. The Balaban J connectivity index is 1.99. The van der Waals surface area contributed by atoms with Gasteiger partial charge in [-0.2, -0.15) is 5.10 Å². The number of rotatable bonds is 13. The topological polar surface area (TPSA) is 92.3 Å². The van der Waals surface area contributed by atoms with E-state index in [9.17, 15) is 9.59 Å². The standard InChI is InChI=1S/C26H35ClN4O4/c1-6-31(7-2)21-11-8-19(24(15-21)34-5)16-28-30-26(33)23(14-18(3)4)29-25(32)17-35-22-12-9-20(27)10-13-22/h8-13,15-16,18,23H,6-7,14,17H2,1-5H3,(H,29,32)(H,30,33)/b28-16-/t23-/m1/s1. The van der Waals surface area contributed by atoms with Crippen molar-refractivity contribution >= 4 is 35.3 Å². The maximum atomic E-state index is 12.8. The number of halogens is 1.